The number of carbonyl (C=O) groups excluding carboxylic acids is 2. The number of esters is 1. The largest absolute Gasteiger partial charge is 0.462 e. The molecule has 0 amide bonds. The third kappa shape index (κ3) is 4.12. The molecule has 0 rings (SSSR count). The van der Waals surface area contributed by atoms with Crippen LogP contribution in [0.4, 0.5) is 4.39 Å². The maximum Gasteiger partial charge on any atom is 0.350 e. The van der Waals surface area contributed by atoms with Gasteiger partial charge in [-0.05, 0) is 0 Å². The molecule has 4 nitrogen and oxygen atoms in total. The second-order valence-electron chi connectivity index (χ2n) is 1.73. The summed E-state index contributed by atoms with van der Waals surface area (Å²) in [4.78, 5) is 20.4. The highest BCUT2D eigenvalue weighted by molar-refractivity contribution is 6.18. The molecule has 0 radical (unpaired) electrons. The molecule has 0 heterocycles. The standard InChI is InChI=1S/C6H8ClFO4/c7-1-2-11-6(10)5(3-8)12-4-9/h4-5H,1-3H2. The van der Waals surface area contributed by atoms with Gasteiger partial charge in [0.1, 0.15) is 13.3 Å². The molecular formula is C6H8ClFO4. The van der Waals surface area contributed by atoms with Gasteiger partial charge < -0.3 is 9.47 Å². The van der Waals surface area contributed by atoms with E-state index >= 15 is 0 Å². The molecule has 0 aliphatic rings. The van der Waals surface area contributed by atoms with Crippen molar-refractivity contribution < 1.29 is 23.5 Å². The van der Waals surface area contributed by atoms with Gasteiger partial charge >= 0.3 is 5.97 Å². The molecular weight excluding hydrogens is 191 g/mol. The van der Waals surface area contributed by atoms with Crippen LogP contribution in [-0.2, 0) is 19.1 Å². The second-order valence-corrected chi connectivity index (χ2v) is 2.11. The number of hydrogen-bond donors (Lipinski definition) is 0. The molecule has 0 aliphatic heterocycles. The van der Waals surface area contributed by atoms with Gasteiger partial charge in [0.25, 0.3) is 6.47 Å². The normalized spacial score (nSPS) is 11.8. The Balaban J connectivity index is 3.76. The predicted octanol–water partition coefficient (Wildman–Crippen LogP) is 0.279. The van der Waals surface area contributed by atoms with Gasteiger partial charge in [-0.1, -0.05) is 0 Å². The van der Waals surface area contributed by atoms with E-state index in [1.807, 2.05) is 0 Å². The van der Waals surface area contributed by atoms with Crippen LogP contribution < -0.4 is 0 Å². The Bertz CT molecular complexity index is 152. The Kier molecular flexibility index (Phi) is 6.37. The van der Waals surface area contributed by atoms with E-state index in [1.54, 1.807) is 0 Å². The van der Waals surface area contributed by atoms with Crippen LogP contribution in [0.5, 0.6) is 0 Å². The number of halogens is 2. The van der Waals surface area contributed by atoms with Gasteiger partial charge in [-0.2, -0.15) is 0 Å². The average molecular weight is 199 g/mol. The third-order valence-electron chi connectivity index (χ3n) is 0.944. The van der Waals surface area contributed by atoms with Crippen molar-refractivity contribution in [3.8, 4) is 0 Å². The van der Waals surface area contributed by atoms with Crippen molar-refractivity contribution in [2.24, 2.45) is 0 Å². The van der Waals surface area contributed by atoms with Crippen LogP contribution in [0, 0.1) is 0 Å². The molecule has 0 aromatic rings. The minimum absolute atomic E-state index is 0.00774. The summed E-state index contributed by atoms with van der Waals surface area (Å²) in [6.07, 6.45) is -1.47. The summed E-state index contributed by atoms with van der Waals surface area (Å²) in [5.74, 6) is -0.809. The van der Waals surface area contributed by atoms with E-state index in [0.29, 0.717) is 0 Å². The summed E-state index contributed by atoms with van der Waals surface area (Å²) in [6, 6.07) is 0. The third-order valence-corrected chi connectivity index (χ3v) is 1.10. The van der Waals surface area contributed by atoms with E-state index in [2.05, 4.69) is 9.47 Å². The molecule has 0 bridgehead atoms. The zero-order valence-electron chi connectivity index (χ0n) is 6.16. The van der Waals surface area contributed by atoms with Crippen LogP contribution in [0.25, 0.3) is 0 Å². The second kappa shape index (κ2) is 6.84. The quantitative estimate of drug-likeness (QED) is 0.350. The molecule has 1 unspecified atom stereocenters. The van der Waals surface area contributed by atoms with Crippen molar-refractivity contribution in [3.05, 3.63) is 0 Å². The van der Waals surface area contributed by atoms with Crippen LogP contribution in [0.15, 0.2) is 0 Å². The van der Waals surface area contributed by atoms with Crippen LogP contribution in [0.1, 0.15) is 0 Å². The Labute approximate surface area is 73.6 Å². The lowest BCUT2D eigenvalue weighted by Crippen LogP contribution is -2.28. The summed E-state index contributed by atoms with van der Waals surface area (Å²) in [5.41, 5.74) is 0. The average Bonchev–Trinajstić information content (AvgIpc) is 2.10. The van der Waals surface area contributed by atoms with Crippen molar-refractivity contribution in [1.29, 1.82) is 0 Å². The fourth-order valence-corrected chi connectivity index (χ4v) is 0.531. The fourth-order valence-electron chi connectivity index (χ4n) is 0.454. The van der Waals surface area contributed by atoms with Gasteiger partial charge in [-0.25, -0.2) is 9.18 Å². The van der Waals surface area contributed by atoms with E-state index in [9.17, 15) is 14.0 Å². The molecule has 0 fully saturated rings. The van der Waals surface area contributed by atoms with Gasteiger partial charge in [0.15, 0.2) is 0 Å². The smallest absolute Gasteiger partial charge is 0.350 e. The van der Waals surface area contributed by atoms with E-state index < -0.39 is 18.7 Å². The van der Waals surface area contributed by atoms with Crippen LogP contribution in [0.3, 0.4) is 0 Å². The first-order valence-electron chi connectivity index (χ1n) is 3.14. The van der Waals surface area contributed by atoms with Crippen molar-refractivity contribution in [2.75, 3.05) is 19.2 Å². The number of hydrogen-bond acceptors (Lipinski definition) is 4. The van der Waals surface area contributed by atoms with E-state index in [-0.39, 0.29) is 19.0 Å². The summed E-state index contributed by atoms with van der Waals surface area (Å²) < 4.78 is 20.4. The Hall–Kier alpha value is -0.840. The number of rotatable bonds is 6. The molecule has 70 valence electrons. The van der Waals surface area contributed by atoms with E-state index in [4.69, 9.17) is 11.6 Å². The van der Waals surface area contributed by atoms with Crippen molar-refractivity contribution >= 4 is 24.0 Å². The van der Waals surface area contributed by atoms with E-state index in [1.165, 1.54) is 0 Å². The van der Waals surface area contributed by atoms with Crippen molar-refractivity contribution in [3.63, 3.8) is 0 Å². The molecule has 6 heteroatoms. The van der Waals surface area contributed by atoms with Crippen LogP contribution in [-0.4, -0.2) is 37.7 Å². The summed E-state index contributed by atoms with van der Waals surface area (Å²) >= 11 is 5.19. The first-order valence-corrected chi connectivity index (χ1v) is 3.67. The number of carbonyl (C=O) groups is 2. The summed E-state index contributed by atoms with van der Waals surface area (Å²) in [5, 5.41) is 0. The zero-order valence-corrected chi connectivity index (χ0v) is 6.92. The predicted molar refractivity (Wildman–Crippen MR) is 38.6 cm³/mol. The minimum atomic E-state index is -1.47. The molecule has 0 saturated heterocycles. The van der Waals surface area contributed by atoms with Gasteiger partial charge in [0.05, 0.1) is 5.88 Å². The van der Waals surface area contributed by atoms with Gasteiger partial charge in [0.2, 0.25) is 6.10 Å². The number of ether oxygens (including phenoxy) is 2. The Morgan fingerprint density at radius 2 is 2.33 bits per heavy atom. The SMILES string of the molecule is O=COC(CF)C(=O)OCCCl. The zero-order chi connectivity index (χ0) is 9.40. The molecule has 1 atom stereocenters. The first-order chi connectivity index (χ1) is 5.76. The molecule has 0 saturated carbocycles. The molecule has 0 spiro atoms. The lowest BCUT2D eigenvalue weighted by molar-refractivity contribution is -0.162. The fraction of sp³-hybridized carbons (Fsp3) is 0.667. The van der Waals surface area contributed by atoms with Crippen molar-refractivity contribution in [2.45, 2.75) is 6.10 Å². The maximum atomic E-state index is 11.9. The maximum absolute atomic E-state index is 11.9. The molecule has 0 aromatic carbocycles. The van der Waals surface area contributed by atoms with Crippen molar-refractivity contribution in [1.82, 2.24) is 0 Å². The van der Waals surface area contributed by atoms with Crippen LogP contribution >= 0.6 is 11.6 Å². The van der Waals surface area contributed by atoms with Gasteiger partial charge in [-0.15, -0.1) is 11.6 Å². The highest BCUT2D eigenvalue weighted by Gasteiger charge is 2.20. The highest BCUT2D eigenvalue weighted by atomic mass is 35.5. The van der Waals surface area contributed by atoms with Crippen LogP contribution in [0.2, 0.25) is 0 Å². The molecule has 0 aliphatic carbocycles. The first kappa shape index (κ1) is 11.2. The molecule has 12 heavy (non-hydrogen) atoms. The lowest BCUT2D eigenvalue weighted by atomic mass is 10.4. The molecule has 0 N–H and O–H groups in total. The van der Waals surface area contributed by atoms with Gasteiger partial charge in [-0.3, -0.25) is 4.79 Å². The topological polar surface area (TPSA) is 52.6 Å². The Morgan fingerprint density at radius 3 is 2.75 bits per heavy atom. The Morgan fingerprint density at radius 1 is 1.67 bits per heavy atom. The monoisotopic (exact) mass is 198 g/mol. The highest BCUT2D eigenvalue weighted by Crippen LogP contribution is 1.95. The van der Waals surface area contributed by atoms with Gasteiger partial charge in [0, 0.05) is 0 Å². The minimum Gasteiger partial charge on any atom is -0.462 e. The number of alkyl halides is 2. The summed E-state index contributed by atoms with van der Waals surface area (Å²) in [7, 11) is 0. The molecule has 0 aromatic heterocycles. The lowest BCUT2D eigenvalue weighted by Gasteiger charge is -2.09. The summed E-state index contributed by atoms with van der Waals surface area (Å²) in [6.45, 7) is -1.13. The van der Waals surface area contributed by atoms with E-state index in [0.717, 1.165) is 0 Å².